The van der Waals surface area contributed by atoms with Crippen molar-refractivity contribution < 1.29 is 34.8 Å². The lowest BCUT2D eigenvalue weighted by Gasteiger charge is -2.22. The molecule has 0 aliphatic heterocycles. The minimum Gasteiger partial charge on any atom is -0.203 e. The second kappa shape index (κ2) is 8.36. The van der Waals surface area contributed by atoms with Gasteiger partial charge in [0.1, 0.15) is 0 Å². The Labute approximate surface area is 158 Å². The van der Waals surface area contributed by atoms with E-state index in [-0.39, 0.29) is 9.87 Å². The van der Waals surface area contributed by atoms with E-state index in [9.17, 15) is 34.8 Å². The molecule has 0 bridgehead atoms. The molecule has 2 rings (SSSR count). The molecule has 0 aromatic heterocycles. The molecule has 3 nitrogen and oxygen atoms in total. The fourth-order valence-electron chi connectivity index (χ4n) is 2.27. The molecule has 0 fully saturated rings. The molecule has 10 heteroatoms. The van der Waals surface area contributed by atoms with E-state index in [1.165, 1.54) is 18.2 Å². The van der Waals surface area contributed by atoms with Gasteiger partial charge < -0.3 is 0 Å². The lowest BCUT2D eigenvalue weighted by Crippen LogP contribution is -2.40. The number of nitrogens with zero attached hydrogens (tertiary/aromatic N) is 1. The lowest BCUT2D eigenvalue weighted by molar-refractivity contribution is -0.137. The van der Waals surface area contributed by atoms with Crippen molar-refractivity contribution in [3.8, 4) is 0 Å². The SMILES string of the molecule is O=S(=O)(N(C/C=C/c1ccc(C(F)(F)F)cc1)Cc1ccccc1)C(F)(F)F. The second-order valence-electron chi connectivity index (χ2n) is 5.75. The maximum atomic E-state index is 12.9. The van der Waals surface area contributed by atoms with Crippen LogP contribution >= 0.6 is 0 Å². The van der Waals surface area contributed by atoms with Crippen LogP contribution in [0.3, 0.4) is 0 Å². The Kier molecular flexibility index (Phi) is 6.56. The molecule has 0 heterocycles. The van der Waals surface area contributed by atoms with Gasteiger partial charge in [-0.2, -0.15) is 30.6 Å². The van der Waals surface area contributed by atoms with E-state index in [0.29, 0.717) is 5.56 Å². The monoisotopic (exact) mass is 423 g/mol. The van der Waals surface area contributed by atoms with E-state index in [4.69, 9.17) is 0 Å². The smallest absolute Gasteiger partial charge is 0.203 e. The van der Waals surface area contributed by atoms with Crippen LogP contribution in [-0.2, 0) is 22.7 Å². The van der Waals surface area contributed by atoms with Crippen molar-refractivity contribution in [3.63, 3.8) is 0 Å². The topological polar surface area (TPSA) is 37.4 Å². The van der Waals surface area contributed by atoms with Gasteiger partial charge in [0, 0.05) is 13.1 Å². The van der Waals surface area contributed by atoms with Crippen LogP contribution < -0.4 is 0 Å². The number of rotatable bonds is 6. The second-order valence-corrected chi connectivity index (χ2v) is 7.68. The van der Waals surface area contributed by atoms with Gasteiger partial charge in [-0.05, 0) is 23.3 Å². The van der Waals surface area contributed by atoms with E-state index in [1.807, 2.05) is 0 Å². The zero-order valence-electron chi connectivity index (χ0n) is 14.2. The summed E-state index contributed by atoms with van der Waals surface area (Å²) >= 11 is 0. The number of hydrogen-bond acceptors (Lipinski definition) is 2. The minimum atomic E-state index is -5.58. The number of hydrogen-bond donors (Lipinski definition) is 0. The maximum absolute atomic E-state index is 12.9. The first-order chi connectivity index (χ1) is 12.9. The normalized spacial score (nSPS) is 13.4. The van der Waals surface area contributed by atoms with Crippen LogP contribution in [0.25, 0.3) is 6.08 Å². The zero-order valence-corrected chi connectivity index (χ0v) is 15.0. The number of halogens is 6. The molecule has 152 valence electrons. The third-order valence-corrected chi connectivity index (χ3v) is 5.23. The number of alkyl halides is 6. The van der Waals surface area contributed by atoms with E-state index in [1.54, 1.807) is 18.2 Å². The van der Waals surface area contributed by atoms with Gasteiger partial charge in [0.15, 0.2) is 0 Å². The van der Waals surface area contributed by atoms with Crippen LogP contribution in [0.1, 0.15) is 16.7 Å². The highest BCUT2D eigenvalue weighted by Crippen LogP contribution is 2.30. The maximum Gasteiger partial charge on any atom is 0.511 e. The van der Waals surface area contributed by atoms with Gasteiger partial charge in [-0.15, -0.1) is 0 Å². The standard InChI is InChI=1S/C18H15F6NO2S/c19-17(20,21)16-10-8-14(9-11-16)7-4-12-25(28(26,27)18(22,23)24)13-15-5-2-1-3-6-15/h1-11H,12-13H2/b7-4+. The first-order valence-corrected chi connectivity index (χ1v) is 9.29. The number of sulfonamides is 1. The van der Waals surface area contributed by atoms with Crippen molar-refractivity contribution in [2.24, 2.45) is 0 Å². The Hall–Kier alpha value is -2.33. The van der Waals surface area contributed by atoms with Gasteiger partial charge >= 0.3 is 21.7 Å². The summed E-state index contributed by atoms with van der Waals surface area (Å²) in [6.45, 7) is -1.10. The van der Waals surface area contributed by atoms with E-state index < -0.39 is 40.4 Å². The third-order valence-electron chi connectivity index (χ3n) is 3.69. The molecule has 0 spiro atoms. The molecule has 0 saturated heterocycles. The molecule has 0 radical (unpaired) electrons. The molecular weight excluding hydrogens is 408 g/mol. The Morgan fingerprint density at radius 2 is 1.43 bits per heavy atom. The van der Waals surface area contributed by atoms with Crippen LogP contribution in [-0.4, -0.2) is 24.8 Å². The van der Waals surface area contributed by atoms with Crippen LogP contribution in [0, 0.1) is 0 Å². The summed E-state index contributed by atoms with van der Waals surface area (Å²) < 4.78 is 100. The van der Waals surface area contributed by atoms with Gasteiger partial charge in [-0.1, -0.05) is 54.6 Å². The molecule has 0 aliphatic carbocycles. The van der Waals surface area contributed by atoms with E-state index >= 15 is 0 Å². The average Bonchev–Trinajstić information content (AvgIpc) is 2.60. The molecule has 0 unspecified atom stereocenters. The molecule has 0 atom stereocenters. The first-order valence-electron chi connectivity index (χ1n) is 7.85. The van der Waals surface area contributed by atoms with Crippen LogP contribution in [0.5, 0.6) is 0 Å². The van der Waals surface area contributed by atoms with Crippen molar-refractivity contribution in [3.05, 3.63) is 77.4 Å². The fraction of sp³-hybridized carbons (Fsp3) is 0.222. The van der Waals surface area contributed by atoms with Crippen molar-refractivity contribution >= 4 is 16.1 Å². The summed E-state index contributed by atoms with van der Waals surface area (Å²) in [4.78, 5) is 0. The quantitative estimate of drug-likeness (QED) is 0.609. The Morgan fingerprint density at radius 1 is 0.857 bits per heavy atom. The fourth-order valence-corrected chi connectivity index (χ4v) is 3.16. The Balaban J connectivity index is 2.19. The summed E-state index contributed by atoms with van der Waals surface area (Å²) in [7, 11) is -5.58. The van der Waals surface area contributed by atoms with Crippen molar-refractivity contribution in [2.75, 3.05) is 6.54 Å². The molecule has 2 aromatic carbocycles. The highest BCUT2D eigenvalue weighted by molar-refractivity contribution is 7.89. The van der Waals surface area contributed by atoms with Gasteiger partial charge in [0.05, 0.1) is 5.56 Å². The average molecular weight is 423 g/mol. The molecule has 0 amide bonds. The van der Waals surface area contributed by atoms with Gasteiger partial charge in [0.2, 0.25) is 0 Å². The van der Waals surface area contributed by atoms with E-state index in [0.717, 1.165) is 30.3 Å². The molecular formula is C18H15F6NO2S. The predicted molar refractivity (Wildman–Crippen MR) is 92.3 cm³/mol. The van der Waals surface area contributed by atoms with Crippen LogP contribution in [0.4, 0.5) is 26.3 Å². The highest BCUT2D eigenvalue weighted by Gasteiger charge is 2.49. The largest absolute Gasteiger partial charge is 0.511 e. The lowest BCUT2D eigenvalue weighted by atomic mass is 10.1. The van der Waals surface area contributed by atoms with Crippen molar-refractivity contribution in [1.29, 1.82) is 0 Å². The minimum absolute atomic E-state index is 0.253. The highest BCUT2D eigenvalue weighted by atomic mass is 32.2. The summed E-state index contributed by atoms with van der Waals surface area (Å²) in [5.41, 5.74) is -5.69. The molecule has 0 aliphatic rings. The van der Waals surface area contributed by atoms with Crippen LogP contribution in [0.2, 0.25) is 0 Å². The van der Waals surface area contributed by atoms with E-state index in [2.05, 4.69) is 0 Å². The zero-order chi connectivity index (χ0) is 21.0. The summed E-state index contributed by atoms with van der Waals surface area (Å²) in [5.74, 6) is 0. The number of benzene rings is 2. The molecule has 0 N–H and O–H groups in total. The Bertz CT molecular complexity index is 904. The predicted octanol–water partition coefficient (Wildman–Crippen LogP) is 5.07. The summed E-state index contributed by atoms with van der Waals surface area (Å²) in [6, 6.07) is 11.7. The third kappa shape index (κ3) is 5.59. The molecule has 28 heavy (non-hydrogen) atoms. The van der Waals surface area contributed by atoms with Gasteiger partial charge in [0.25, 0.3) is 0 Å². The van der Waals surface area contributed by atoms with Crippen molar-refractivity contribution in [2.45, 2.75) is 18.2 Å². The first kappa shape index (κ1) is 22.0. The van der Waals surface area contributed by atoms with Gasteiger partial charge in [-0.25, -0.2) is 8.42 Å². The summed E-state index contributed by atoms with van der Waals surface area (Å²) in [5, 5.41) is 0. The molecule has 0 saturated carbocycles. The van der Waals surface area contributed by atoms with Crippen molar-refractivity contribution in [1.82, 2.24) is 4.31 Å². The Morgan fingerprint density at radius 3 is 1.93 bits per heavy atom. The van der Waals surface area contributed by atoms with Crippen LogP contribution in [0.15, 0.2) is 60.7 Å². The molecule has 2 aromatic rings. The van der Waals surface area contributed by atoms with Gasteiger partial charge in [-0.3, -0.25) is 0 Å². The summed E-state index contributed by atoms with van der Waals surface area (Å²) in [6.07, 6.45) is -2.10.